The summed E-state index contributed by atoms with van der Waals surface area (Å²) in [5.41, 5.74) is 1.07. The van der Waals surface area contributed by atoms with Crippen molar-refractivity contribution in [2.24, 2.45) is 11.8 Å². The van der Waals surface area contributed by atoms with Crippen LogP contribution >= 0.6 is 11.9 Å². The van der Waals surface area contributed by atoms with Crippen molar-refractivity contribution >= 4 is 17.9 Å². The molecule has 5 unspecified atom stereocenters. The Morgan fingerprint density at radius 2 is 1.95 bits per heavy atom. The highest BCUT2D eigenvalue weighted by atomic mass is 32.2. The van der Waals surface area contributed by atoms with E-state index in [-0.39, 0.29) is 35.9 Å². The lowest BCUT2D eigenvalue weighted by Crippen LogP contribution is -2.48. The van der Waals surface area contributed by atoms with Crippen molar-refractivity contribution in [3.8, 4) is 0 Å². The maximum atomic E-state index is 13.7. The molecule has 3 aliphatic rings. The molecule has 0 radical (unpaired) electrons. The molecule has 1 aromatic rings. The topological polar surface area (TPSA) is 53.6 Å². The molecule has 37 heavy (non-hydrogen) atoms. The summed E-state index contributed by atoms with van der Waals surface area (Å²) in [6, 6.07) is 7.67. The van der Waals surface area contributed by atoms with Crippen LogP contribution in [0.5, 0.6) is 0 Å². The van der Waals surface area contributed by atoms with Gasteiger partial charge in [-0.05, 0) is 94.2 Å². The van der Waals surface area contributed by atoms with Crippen molar-refractivity contribution < 1.29 is 13.9 Å². The van der Waals surface area contributed by atoms with Crippen LogP contribution in [-0.4, -0.2) is 59.9 Å². The van der Waals surface area contributed by atoms with Gasteiger partial charge in [0.1, 0.15) is 5.82 Å². The predicted molar refractivity (Wildman–Crippen MR) is 151 cm³/mol. The lowest BCUT2D eigenvalue weighted by molar-refractivity contribution is -0.123. The quantitative estimate of drug-likeness (QED) is 0.347. The number of nitrogens with zero attached hydrogens (tertiary/aromatic N) is 1. The van der Waals surface area contributed by atoms with E-state index in [2.05, 4.69) is 35.7 Å². The number of hydrogen-bond donors (Lipinski definition) is 2. The average molecular weight is 534 g/mol. The second-order valence-corrected chi connectivity index (χ2v) is 12.8. The zero-order valence-corrected chi connectivity index (χ0v) is 23.9. The van der Waals surface area contributed by atoms with E-state index in [1.807, 2.05) is 24.1 Å². The molecule has 2 N–H and O–H groups in total. The lowest BCUT2D eigenvalue weighted by Gasteiger charge is -2.37. The van der Waals surface area contributed by atoms with Gasteiger partial charge in [0.2, 0.25) is 5.91 Å². The first kappa shape index (κ1) is 28.8. The third kappa shape index (κ3) is 8.42. The Morgan fingerprint density at radius 1 is 1.19 bits per heavy atom. The molecule has 1 amide bonds. The summed E-state index contributed by atoms with van der Waals surface area (Å²) in [6.07, 6.45) is 9.78. The number of benzene rings is 1. The van der Waals surface area contributed by atoms with Crippen molar-refractivity contribution in [1.82, 2.24) is 14.9 Å². The second-order valence-electron chi connectivity index (χ2n) is 11.6. The van der Waals surface area contributed by atoms with Gasteiger partial charge in [0.25, 0.3) is 0 Å². The van der Waals surface area contributed by atoms with Gasteiger partial charge in [0, 0.05) is 43.9 Å². The first-order valence-electron chi connectivity index (χ1n) is 14.7. The largest absolute Gasteiger partial charge is 0.376 e. The maximum absolute atomic E-state index is 13.7. The summed E-state index contributed by atoms with van der Waals surface area (Å²) in [5, 5.41) is 7.04. The van der Waals surface area contributed by atoms with Gasteiger partial charge in [-0.25, -0.2) is 8.70 Å². The summed E-state index contributed by atoms with van der Waals surface area (Å²) in [7, 11) is 0. The van der Waals surface area contributed by atoms with Crippen LogP contribution < -0.4 is 10.6 Å². The van der Waals surface area contributed by atoms with E-state index in [9.17, 15) is 9.18 Å². The van der Waals surface area contributed by atoms with Gasteiger partial charge < -0.3 is 15.4 Å². The number of carbonyl (C=O) groups excluding carboxylic acids is 1. The zero-order chi connectivity index (χ0) is 26.2. The van der Waals surface area contributed by atoms with Crippen molar-refractivity contribution in [2.75, 3.05) is 25.4 Å². The number of carbonyl (C=O) groups is 1. The molecule has 7 heteroatoms. The highest BCUT2D eigenvalue weighted by molar-refractivity contribution is 7.97. The molecule has 4 rings (SSSR count). The van der Waals surface area contributed by atoms with Gasteiger partial charge in [-0.3, -0.25) is 4.79 Å². The minimum absolute atomic E-state index is 0.0896. The van der Waals surface area contributed by atoms with Gasteiger partial charge in [-0.15, -0.1) is 0 Å². The predicted octanol–water partition coefficient (Wildman–Crippen LogP) is 5.90. The fourth-order valence-electron chi connectivity index (χ4n) is 6.86. The van der Waals surface area contributed by atoms with Gasteiger partial charge in [0.05, 0.1) is 12.2 Å². The van der Waals surface area contributed by atoms with E-state index in [1.165, 1.54) is 50.0 Å². The van der Waals surface area contributed by atoms with E-state index in [1.54, 1.807) is 0 Å². The molecular weight excluding hydrogens is 485 g/mol. The molecule has 6 atom stereocenters. The molecule has 1 aliphatic carbocycles. The number of halogens is 1. The van der Waals surface area contributed by atoms with E-state index in [4.69, 9.17) is 4.74 Å². The van der Waals surface area contributed by atoms with E-state index in [0.29, 0.717) is 24.3 Å². The van der Waals surface area contributed by atoms with Gasteiger partial charge in [-0.1, -0.05) is 37.4 Å². The van der Waals surface area contributed by atoms with Crippen molar-refractivity contribution in [1.29, 1.82) is 0 Å². The Balaban J connectivity index is 1.35. The van der Waals surface area contributed by atoms with Crippen LogP contribution in [0.4, 0.5) is 4.39 Å². The van der Waals surface area contributed by atoms with Crippen molar-refractivity contribution in [3.63, 3.8) is 0 Å². The van der Waals surface area contributed by atoms with E-state index < -0.39 is 0 Å². The Bertz CT molecular complexity index is 831. The first-order chi connectivity index (χ1) is 17.9. The molecule has 5 nitrogen and oxygen atoms in total. The third-order valence-electron chi connectivity index (χ3n) is 8.64. The van der Waals surface area contributed by atoms with E-state index in [0.717, 1.165) is 44.5 Å². The zero-order valence-electron chi connectivity index (χ0n) is 23.1. The van der Waals surface area contributed by atoms with Crippen LogP contribution in [0.25, 0.3) is 0 Å². The second kappa shape index (κ2) is 14.3. The average Bonchev–Trinajstić information content (AvgIpc) is 3.32. The standard InChI is InChI=1S/C30H48FN3O2S/c1-4-16-37-34-15-14-32-20-27(34)13-10-24-6-5-7-29(24)33-30(35)19-28(23-8-11-26(31)12-9-23)25-17-21(2)36-22(3)18-25/h8-9,11-12,21-22,24-25,27-29,32H,4-7,10,13-20H2,1-3H3,(H,33,35)/t21?,22?,24-,25?,27?,28?,29?/m1/s1. The monoisotopic (exact) mass is 533 g/mol. The molecule has 1 saturated carbocycles. The maximum Gasteiger partial charge on any atom is 0.220 e. The van der Waals surface area contributed by atoms with Crippen LogP contribution in [0.3, 0.4) is 0 Å². The summed E-state index contributed by atoms with van der Waals surface area (Å²) >= 11 is 2.01. The lowest BCUT2D eigenvalue weighted by atomic mass is 9.76. The highest BCUT2D eigenvalue weighted by Crippen LogP contribution is 2.39. The fraction of sp³-hybridized carbons (Fsp3) is 0.767. The first-order valence-corrected chi connectivity index (χ1v) is 15.7. The van der Waals surface area contributed by atoms with Crippen LogP contribution in [0, 0.1) is 17.7 Å². The van der Waals surface area contributed by atoms with Crippen LogP contribution in [0.15, 0.2) is 24.3 Å². The molecule has 0 aromatic heterocycles. The minimum Gasteiger partial charge on any atom is -0.376 e. The highest BCUT2D eigenvalue weighted by Gasteiger charge is 2.35. The molecular formula is C30H48FN3O2S. The Hall–Kier alpha value is -1.15. The molecule has 2 aliphatic heterocycles. The summed E-state index contributed by atoms with van der Waals surface area (Å²) in [6.45, 7) is 9.76. The Labute approximate surface area is 228 Å². The summed E-state index contributed by atoms with van der Waals surface area (Å²) in [4.78, 5) is 13.4. The minimum atomic E-state index is -0.228. The van der Waals surface area contributed by atoms with Gasteiger partial charge in [0.15, 0.2) is 0 Å². The number of hydrogen-bond acceptors (Lipinski definition) is 5. The number of ether oxygens (including phenoxy) is 1. The number of piperazine rings is 1. The SMILES string of the molecule is CCCSN1CCNCC1CC[C@H]1CCCC1NC(=O)CC(c1ccc(F)cc1)C1CC(C)OC(C)C1. The third-order valence-corrected chi connectivity index (χ3v) is 10.0. The van der Waals surface area contributed by atoms with Crippen molar-refractivity contribution in [3.05, 3.63) is 35.6 Å². The van der Waals surface area contributed by atoms with Crippen LogP contribution in [0.2, 0.25) is 0 Å². The molecule has 0 bridgehead atoms. The van der Waals surface area contributed by atoms with E-state index >= 15 is 0 Å². The summed E-state index contributed by atoms with van der Waals surface area (Å²) < 4.78 is 22.3. The molecule has 208 valence electrons. The number of rotatable bonds is 11. The smallest absolute Gasteiger partial charge is 0.220 e. The van der Waals surface area contributed by atoms with Crippen LogP contribution in [-0.2, 0) is 9.53 Å². The summed E-state index contributed by atoms with van der Waals surface area (Å²) in [5.74, 6) is 2.13. The van der Waals surface area contributed by atoms with Gasteiger partial charge in [-0.2, -0.15) is 0 Å². The Kier molecular flexibility index (Phi) is 11.1. The molecule has 3 fully saturated rings. The van der Waals surface area contributed by atoms with Crippen LogP contribution in [0.1, 0.15) is 90.0 Å². The molecule has 1 aromatic carbocycles. The number of nitrogens with one attached hydrogen (secondary N) is 2. The normalized spacial score (nSPS) is 31.8. The molecule has 2 saturated heterocycles. The fourth-order valence-corrected chi connectivity index (χ4v) is 7.89. The Morgan fingerprint density at radius 3 is 2.68 bits per heavy atom. The van der Waals surface area contributed by atoms with Crippen molar-refractivity contribution in [2.45, 2.75) is 109 Å². The molecule has 2 heterocycles. The molecule has 0 spiro atoms. The number of amides is 1. The van der Waals surface area contributed by atoms with Gasteiger partial charge >= 0.3 is 0 Å².